The van der Waals surface area contributed by atoms with Crippen molar-refractivity contribution in [2.24, 2.45) is 5.92 Å². The average molecular weight is 551 g/mol. The maximum atomic E-state index is 13.1. The predicted molar refractivity (Wildman–Crippen MR) is 141 cm³/mol. The fourth-order valence-corrected chi connectivity index (χ4v) is 6.48. The summed E-state index contributed by atoms with van der Waals surface area (Å²) in [5.74, 6) is 0.440. The van der Waals surface area contributed by atoms with Gasteiger partial charge in [-0.15, -0.1) is 11.3 Å². The molecule has 3 aromatic rings. The van der Waals surface area contributed by atoms with Gasteiger partial charge in [-0.25, -0.2) is 0 Å². The minimum Gasteiger partial charge on any atom is -0.340 e. The maximum absolute atomic E-state index is 13.1. The molecule has 1 aliphatic rings. The first kappa shape index (κ1) is 23.8. The third kappa shape index (κ3) is 5.59. The molecule has 0 unspecified atom stereocenters. The maximum Gasteiger partial charge on any atom is 0.225 e. The Bertz CT molecular complexity index is 1090. The van der Waals surface area contributed by atoms with E-state index >= 15 is 0 Å². The van der Waals surface area contributed by atoms with Crippen LogP contribution in [0.25, 0.3) is 21.6 Å². The summed E-state index contributed by atoms with van der Waals surface area (Å²) >= 11 is 17.9. The first-order valence-corrected chi connectivity index (χ1v) is 13.4. The van der Waals surface area contributed by atoms with Gasteiger partial charge in [0.15, 0.2) is 0 Å². The molecule has 168 valence electrons. The minimum atomic E-state index is 0.165. The van der Waals surface area contributed by atoms with Gasteiger partial charge in [0.25, 0.3) is 0 Å². The molecule has 0 aliphatic heterocycles. The summed E-state index contributed by atoms with van der Waals surface area (Å²) in [6.07, 6.45) is 6.86. The Kier molecular flexibility index (Phi) is 7.99. The number of thiophene rings is 1. The van der Waals surface area contributed by atoms with Crippen LogP contribution < -0.4 is 0 Å². The van der Waals surface area contributed by atoms with Crippen molar-refractivity contribution in [2.45, 2.75) is 45.1 Å². The smallest absolute Gasteiger partial charge is 0.225 e. The molecule has 4 rings (SSSR count). The fourth-order valence-electron chi connectivity index (χ4n) is 4.39. The van der Waals surface area contributed by atoms with Crippen LogP contribution >= 0.6 is 50.5 Å². The standard InChI is InChI=1S/C26H26BrCl2NOS/c1-30(26(31)18-6-4-2-3-5-7-18)16-21-15-23(17-8-10-19(27)11-9-17)25(32-21)22-13-12-20(28)14-24(22)29/h8-15,18H,2-7,16H2,1H3. The van der Waals surface area contributed by atoms with Crippen LogP contribution in [0.3, 0.4) is 0 Å². The molecule has 1 heterocycles. The number of rotatable bonds is 5. The molecule has 1 amide bonds. The highest BCUT2D eigenvalue weighted by molar-refractivity contribution is 9.10. The normalized spacial score (nSPS) is 14.9. The van der Waals surface area contributed by atoms with Gasteiger partial charge in [-0.2, -0.15) is 0 Å². The summed E-state index contributed by atoms with van der Waals surface area (Å²) in [5.41, 5.74) is 3.20. The van der Waals surface area contributed by atoms with Crippen molar-refractivity contribution < 1.29 is 4.79 Å². The zero-order chi connectivity index (χ0) is 22.7. The Morgan fingerprint density at radius 1 is 1.00 bits per heavy atom. The van der Waals surface area contributed by atoms with Gasteiger partial charge in [0.1, 0.15) is 0 Å². The fraction of sp³-hybridized carbons (Fsp3) is 0.346. The van der Waals surface area contributed by atoms with Crippen molar-refractivity contribution in [3.05, 3.63) is 67.9 Å². The minimum absolute atomic E-state index is 0.165. The third-order valence-electron chi connectivity index (χ3n) is 6.09. The van der Waals surface area contributed by atoms with E-state index in [9.17, 15) is 4.79 Å². The van der Waals surface area contributed by atoms with Crippen LogP contribution in [-0.4, -0.2) is 17.9 Å². The highest BCUT2D eigenvalue weighted by Crippen LogP contribution is 2.43. The molecule has 0 spiro atoms. The van der Waals surface area contributed by atoms with Crippen molar-refractivity contribution in [2.75, 3.05) is 7.05 Å². The van der Waals surface area contributed by atoms with Crippen molar-refractivity contribution >= 4 is 56.4 Å². The number of hydrogen-bond acceptors (Lipinski definition) is 2. The summed E-state index contributed by atoms with van der Waals surface area (Å²) in [5, 5.41) is 1.25. The number of halogens is 3. The van der Waals surface area contributed by atoms with Gasteiger partial charge in [0, 0.05) is 43.3 Å². The molecule has 0 bridgehead atoms. The lowest BCUT2D eigenvalue weighted by Gasteiger charge is -2.22. The highest BCUT2D eigenvalue weighted by Gasteiger charge is 2.24. The molecule has 1 aromatic heterocycles. The van der Waals surface area contributed by atoms with E-state index in [0.29, 0.717) is 16.6 Å². The molecule has 0 saturated heterocycles. The molecule has 6 heteroatoms. The molecule has 1 saturated carbocycles. The summed E-state index contributed by atoms with van der Waals surface area (Å²) in [6.45, 7) is 0.606. The molecule has 1 aliphatic carbocycles. The number of carbonyl (C=O) groups is 1. The summed E-state index contributed by atoms with van der Waals surface area (Å²) in [7, 11) is 1.93. The molecular formula is C26H26BrCl2NOS. The molecule has 0 radical (unpaired) electrons. The average Bonchev–Trinajstić information content (AvgIpc) is 2.99. The lowest BCUT2D eigenvalue weighted by atomic mass is 9.99. The molecular weight excluding hydrogens is 525 g/mol. The molecule has 0 N–H and O–H groups in total. The number of carbonyl (C=O) groups excluding carboxylic acids is 1. The molecule has 1 fully saturated rings. The Balaban J connectivity index is 1.65. The van der Waals surface area contributed by atoms with E-state index in [1.807, 2.05) is 36.2 Å². The summed E-state index contributed by atoms with van der Waals surface area (Å²) in [6, 6.07) is 16.1. The van der Waals surface area contributed by atoms with E-state index in [1.54, 1.807) is 17.4 Å². The number of hydrogen-bond donors (Lipinski definition) is 0. The van der Waals surface area contributed by atoms with E-state index in [1.165, 1.54) is 12.8 Å². The largest absolute Gasteiger partial charge is 0.340 e. The van der Waals surface area contributed by atoms with Crippen LogP contribution in [0.5, 0.6) is 0 Å². The van der Waals surface area contributed by atoms with E-state index < -0.39 is 0 Å². The van der Waals surface area contributed by atoms with Crippen LogP contribution in [0.1, 0.15) is 43.4 Å². The number of amides is 1. The Labute approximate surface area is 212 Å². The van der Waals surface area contributed by atoms with Crippen molar-refractivity contribution in [1.29, 1.82) is 0 Å². The van der Waals surface area contributed by atoms with Crippen LogP contribution in [0.15, 0.2) is 53.0 Å². The molecule has 32 heavy (non-hydrogen) atoms. The van der Waals surface area contributed by atoms with E-state index in [4.69, 9.17) is 23.2 Å². The highest BCUT2D eigenvalue weighted by atomic mass is 79.9. The van der Waals surface area contributed by atoms with Gasteiger partial charge in [-0.05, 0) is 48.7 Å². The molecule has 0 atom stereocenters. The van der Waals surface area contributed by atoms with Crippen LogP contribution in [-0.2, 0) is 11.3 Å². The van der Waals surface area contributed by atoms with Gasteiger partial charge in [-0.1, -0.05) is 83.0 Å². The predicted octanol–water partition coefficient (Wildman–Crippen LogP) is 9.08. The number of nitrogens with zero attached hydrogens (tertiary/aromatic N) is 1. The first-order chi connectivity index (χ1) is 15.4. The topological polar surface area (TPSA) is 20.3 Å². The lowest BCUT2D eigenvalue weighted by Crippen LogP contribution is -2.32. The molecule has 2 nitrogen and oxygen atoms in total. The third-order valence-corrected chi connectivity index (χ3v) is 8.32. The second kappa shape index (κ2) is 10.7. The van der Waals surface area contributed by atoms with Crippen molar-refractivity contribution in [3.8, 4) is 21.6 Å². The van der Waals surface area contributed by atoms with E-state index in [-0.39, 0.29) is 11.8 Å². The summed E-state index contributed by atoms with van der Waals surface area (Å²) in [4.78, 5) is 17.3. The first-order valence-electron chi connectivity index (χ1n) is 11.0. The zero-order valence-corrected chi connectivity index (χ0v) is 22.0. The van der Waals surface area contributed by atoms with Crippen LogP contribution in [0.4, 0.5) is 0 Å². The quantitative estimate of drug-likeness (QED) is 0.290. The number of benzene rings is 2. The van der Waals surface area contributed by atoms with Crippen molar-refractivity contribution in [3.63, 3.8) is 0 Å². The van der Waals surface area contributed by atoms with Gasteiger partial charge in [0.2, 0.25) is 5.91 Å². The monoisotopic (exact) mass is 549 g/mol. The van der Waals surface area contributed by atoms with Gasteiger partial charge < -0.3 is 4.90 Å². The van der Waals surface area contributed by atoms with E-state index in [0.717, 1.165) is 56.6 Å². The second-order valence-electron chi connectivity index (χ2n) is 8.47. The van der Waals surface area contributed by atoms with Gasteiger partial charge in [0.05, 0.1) is 11.6 Å². The van der Waals surface area contributed by atoms with Crippen molar-refractivity contribution in [1.82, 2.24) is 4.90 Å². The van der Waals surface area contributed by atoms with Crippen LogP contribution in [0, 0.1) is 5.92 Å². The Morgan fingerprint density at radius 3 is 2.34 bits per heavy atom. The lowest BCUT2D eigenvalue weighted by molar-refractivity contribution is -0.135. The molecule has 2 aromatic carbocycles. The van der Waals surface area contributed by atoms with E-state index in [2.05, 4.69) is 34.1 Å². The Morgan fingerprint density at radius 2 is 1.69 bits per heavy atom. The van der Waals surface area contributed by atoms with Crippen LogP contribution in [0.2, 0.25) is 10.0 Å². The summed E-state index contributed by atoms with van der Waals surface area (Å²) < 4.78 is 1.04. The second-order valence-corrected chi connectivity index (χ2v) is 11.4. The Hall–Kier alpha value is -1.33. The SMILES string of the molecule is CN(Cc1cc(-c2ccc(Br)cc2)c(-c2ccc(Cl)cc2Cl)s1)C(=O)C1CCCCCC1. The van der Waals surface area contributed by atoms with Gasteiger partial charge in [-0.3, -0.25) is 4.79 Å². The zero-order valence-electron chi connectivity index (χ0n) is 18.0. The van der Waals surface area contributed by atoms with Gasteiger partial charge >= 0.3 is 0 Å².